The van der Waals surface area contributed by atoms with Crippen LogP contribution in [0.15, 0.2) is 36.9 Å². The zero-order valence-corrected chi connectivity index (χ0v) is 11.6. The van der Waals surface area contributed by atoms with Crippen LogP contribution in [0.3, 0.4) is 0 Å². The van der Waals surface area contributed by atoms with Crippen molar-refractivity contribution >= 4 is 5.91 Å². The average molecular weight is 274 g/mol. The lowest BCUT2D eigenvalue weighted by atomic mass is 10.1. The molecule has 0 bridgehead atoms. The summed E-state index contributed by atoms with van der Waals surface area (Å²) in [4.78, 5) is 13.8. The number of aromatic nitrogens is 3. The van der Waals surface area contributed by atoms with E-state index in [1.165, 1.54) is 0 Å². The van der Waals surface area contributed by atoms with Gasteiger partial charge < -0.3 is 10.0 Å². The number of carbonyl (C=O) groups is 1. The second kappa shape index (κ2) is 6.29. The Hall–Kier alpha value is -2.21. The Morgan fingerprint density at radius 3 is 2.45 bits per heavy atom. The molecule has 0 saturated heterocycles. The highest BCUT2D eigenvalue weighted by Gasteiger charge is 2.12. The summed E-state index contributed by atoms with van der Waals surface area (Å²) in [6.45, 7) is 2.25. The molecule has 0 spiro atoms. The number of aliphatic hydroxyl groups excluding tert-OH is 1. The van der Waals surface area contributed by atoms with Crippen molar-refractivity contribution in [1.29, 1.82) is 0 Å². The van der Waals surface area contributed by atoms with E-state index in [9.17, 15) is 9.90 Å². The summed E-state index contributed by atoms with van der Waals surface area (Å²) in [7, 11) is 1.73. The van der Waals surface area contributed by atoms with Gasteiger partial charge in [0.25, 0.3) is 5.91 Å². The Morgan fingerprint density at radius 2 is 1.90 bits per heavy atom. The van der Waals surface area contributed by atoms with E-state index in [4.69, 9.17) is 0 Å². The van der Waals surface area contributed by atoms with Crippen LogP contribution >= 0.6 is 0 Å². The van der Waals surface area contributed by atoms with Crippen molar-refractivity contribution in [2.75, 3.05) is 13.6 Å². The highest BCUT2D eigenvalue weighted by atomic mass is 16.3. The third-order valence-corrected chi connectivity index (χ3v) is 3.06. The van der Waals surface area contributed by atoms with Gasteiger partial charge in [0.2, 0.25) is 0 Å². The Kier molecular flexibility index (Phi) is 4.47. The summed E-state index contributed by atoms with van der Waals surface area (Å²) in [5.74, 6) is -0.0547. The van der Waals surface area contributed by atoms with Gasteiger partial charge in [0.1, 0.15) is 12.7 Å². The third kappa shape index (κ3) is 3.42. The van der Waals surface area contributed by atoms with Crippen LogP contribution in [0, 0.1) is 0 Å². The van der Waals surface area contributed by atoms with Gasteiger partial charge >= 0.3 is 0 Å². The molecule has 2 aromatic rings. The molecule has 6 heteroatoms. The van der Waals surface area contributed by atoms with E-state index >= 15 is 0 Å². The van der Waals surface area contributed by atoms with Crippen LogP contribution in [0.25, 0.3) is 5.69 Å². The number of amides is 1. The Morgan fingerprint density at radius 1 is 1.30 bits per heavy atom. The van der Waals surface area contributed by atoms with Crippen LogP contribution in [-0.4, -0.2) is 50.4 Å². The monoisotopic (exact) mass is 274 g/mol. The maximum atomic E-state index is 12.2. The number of hydrogen-bond acceptors (Lipinski definition) is 4. The van der Waals surface area contributed by atoms with Crippen LogP contribution in [0.4, 0.5) is 0 Å². The average Bonchev–Trinajstić information content (AvgIpc) is 2.98. The van der Waals surface area contributed by atoms with Crippen molar-refractivity contribution in [2.24, 2.45) is 0 Å². The molecule has 0 aliphatic heterocycles. The van der Waals surface area contributed by atoms with Crippen LogP contribution in [0.5, 0.6) is 0 Å². The number of rotatable bonds is 5. The molecule has 0 radical (unpaired) electrons. The fourth-order valence-corrected chi connectivity index (χ4v) is 1.81. The number of carbonyl (C=O) groups excluding carboxylic acids is 1. The highest BCUT2D eigenvalue weighted by Crippen LogP contribution is 2.10. The fraction of sp³-hybridized carbons (Fsp3) is 0.357. The highest BCUT2D eigenvalue weighted by molar-refractivity contribution is 5.94. The molecule has 1 aromatic carbocycles. The molecule has 1 amide bonds. The number of benzene rings is 1. The summed E-state index contributed by atoms with van der Waals surface area (Å²) in [6, 6.07) is 7.24. The maximum absolute atomic E-state index is 12.2. The predicted octanol–water partition coefficient (Wildman–Crippen LogP) is 1.11. The normalized spacial score (nSPS) is 12.2. The first kappa shape index (κ1) is 14.2. The number of hydrogen-bond donors (Lipinski definition) is 1. The minimum atomic E-state index is -0.402. The van der Waals surface area contributed by atoms with Gasteiger partial charge in [-0.3, -0.25) is 9.36 Å². The lowest BCUT2D eigenvalue weighted by molar-refractivity contribution is 0.0769. The van der Waals surface area contributed by atoms with E-state index in [2.05, 4.69) is 10.2 Å². The van der Waals surface area contributed by atoms with Gasteiger partial charge in [0.05, 0.1) is 6.10 Å². The first-order valence-electron chi connectivity index (χ1n) is 6.46. The molecule has 1 unspecified atom stereocenters. The fourth-order valence-electron chi connectivity index (χ4n) is 1.81. The molecule has 0 fully saturated rings. The van der Waals surface area contributed by atoms with E-state index < -0.39 is 6.10 Å². The van der Waals surface area contributed by atoms with Crippen molar-refractivity contribution in [2.45, 2.75) is 19.4 Å². The van der Waals surface area contributed by atoms with Crippen molar-refractivity contribution in [3.8, 4) is 5.69 Å². The van der Waals surface area contributed by atoms with Crippen molar-refractivity contribution in [1.82, 2.24) is 19.7 Å². The minimum absolute atomic E-state index is 0.0547. The van der Waals surface area contributed by atoms with Crippen LogP contribution in [0.2, 0.25) is 0 Å². The molecular formula is C14H18N4O2. The molecule has 1 aromatic heterocycles. The third-order valence-electron chi connectivity index (χ3n) is 3.06. The van der Waals surface area contributed by atoms with E-state index in [1.807, 2.05) is 12.1 Å². The summed E-state index contributed by atoms with van der Waals surface area (Å²) < 4.78 is 1.77. The second-order valence-electron chi connectivity index (χ2n) is 4.78. The standard InChI is InChI=1S/C14H18N4O2/c1-11(19)7-8-17(2)14(20)12-3-5-13(6-4-12)18-9-15-16-10-18/h3-6,9-11,19H,7-8H2,1-2H3. The van der Waals surface area contributed by atoms with Gasteiger partial charge in [-0.1, -0.05) is 0 Å². The molecule has 1 atom stereocenters. The van der Waals surface area contributed by atoms with Crippen molar-refractivity contribution in [3.63, 3.8) is 0 Å². The number of aliphatic hydroxyl groups is 1. The smallest absolute Gasteiger partial charge is 0.253 e. The molecule has 1 heterocycles. The SMILES string of the molecule is CC(O)CCN(C)C(=O)c1ccc(-n2cnnc2)cc1. The molecule has 0 aliphatic carbocycles. The topological polar surface area (TPSA) is 71.2 Å². The molecular weight excluding hydrogens is 256 g/mol. The predicted molar refractivity (Wildman–Crippen MR) is 74.6 cm³/mol. The van der Waals surface area contributed by atoms with Gasteiger partial charge in [-0.2, -0.15) is 0 Å². The molecule has 2 rings (SSSR count). The zero-order valence-electron chi connectivity index (χ0n) is 11.6. The minimum Gasteiger partial charge on any atom is -0.393 e. The summed E-state index contributed by atoms with van der Waals surface area (Å²) in [5, 5.41) is 16.7. The molecule has 0 saturated carbocycles. The van der Waals surface area contributed by atoms with Gasteiger partial charge in [-0.05, 0) is 37.6 Å². The summed E-state index contributed by atoms with van der Waals surface area (Å²) in [6.07, 6.45) is 3.37. The Bertz CT molecular complexity index is 549. The summed E-state index contributed by atoms with van der Waals surface area (Å²) in [5.41, 5.74) is 1.52. The lowest BCUT2D eigenvalue weighted by Crippen LogP contribution is -2.29. The maximum Gasteiger partial charge on any atom is 0.253 e. The van der Waals surface area contributed by atoms with Gasteiger partial charge in [0, 0.05) is 24.8 Å². The van der Waals surface area contributed by atoms with E-state index in [0.717, 1.165) is 5.69 Å². The van der Waals surface area contributed by atoms with E-state index in [-0.39, 0.29) is 5.91 Å². The molecule has 0 aliphatic rings. The van der Waals surface area contributed by atoms with Gasteiger partial charge in [0.15, 0.2) is 0 Å². The van der Waals surface area contributed by atoms with Gasteiger partial charge in [-0.25, -0.2) is 0 Å². The Balaban J connectivity index is 2.04. The van der Waals surface area contributed by atoms with E-state index in [0.29, 0.717) is 18.5 Å². The second-order valence-corrected chi connectivity index (χ2v) is 4.78. The van der Waals surface area contributed by atoms with Crippen LogP contribution in [-0.2, 0) is 0 Å². The number of nitrogens with zero attached hydrogens (tertiary/aromatic N) is 4. The molecule has 20 heavy (non-hydrogen) atoms. The summed E-state index contributed by atoms with van der Waals surface area (Å²) >= 11 is 0. The lowest BCUT2D eigenvalue weighted by Gasteiger charge is -2.18. The Labute approximate surface area is 117 Å². The quantitative estimate of drug-likeness (QED) is 0.886. The van der Waals surface area contributed by atoms with Crippen LogP contribution < -0.4 is 0 Å². The van der Waals surface area contributed by atoms with Crippen molar-refractivity contribution < 1.29 is 9.90 Å². The largest absolute Gasteiger partial charge is 0.393 e. The first-order valence-corrected chi connectivity index (χ1v) is 6.46. The zero-order chi connectivity index (χ0) is 14.5. The van der Waals surface area contributed by atoms with Gasteiger partial charge in [-0.15, -0.1) is 10.2 Å². The van der Waals surface area contributed by atoms with Crippen LogP contribution in [0.1, 0.15) is 23.7 Å². The first-order chi connectivity index (χ1) is 9.58. The molecule has 106 valence electrons. The molecule has 6 nitrogen and oxygen atoms in total. The molecule has 1 N–H and O–H groups in total. The van der Waals surface area contributed by atoms with E-state index in [1.54, 1.807) is 48.2 Å². The van der Waals surface area contributed by atoms with Crippen molar-refractivity contribution in [3.05, 3.63) is 42.5 Å².